The SMILES string of the molecule is CCC(N)Cc1cc(Cl)ccc1N1CCOC(CC)C1. The average Bonchev–Trinajstić information content (AvgIpc) is 2.47. The Balaban J connectivity index is 2.21. The van der Waals surface area contributed by atoms with Gasteiger partial charge >= 0.3 is 0 Å². The summed E-state index contributed by atoms with van der Waals surface area (Å²) < 4.78 is 5.75. The lowest BCUT2D eigenvalue weighted by atomic mass is 10.0. The molecule has 2 atom stereocenters. The Bertz CT molecular complexity index is 438. The van der Waals surface area contributed by atoms with E-state index in [1.165, 1.54) is 11.3 Å². The van der Waals surface area contributed by atoms with Gasteiger partial charge in [-0.05, 0) is 43.0 Å². The number of rotatable bonds is 5. The van der Waals surface area contributed by atoms with E-state index in [2.05, 4.69) is 30.9 Å². The second-order valence-electron chi connectivity index (χ2n) is 5.49. The highest BCUT2D eigenvalue weighted by atomic mass is 35.5. The van der Waals surface area contributed by atoms with Crippen molar-refractivity contribution in [2.24, 2.45) is 5.73 Å². The van der Waals surface area contributed by atoms with Crippen LogP contribution in [0.4, 0.5) is 5.69 Å². The van der Waals surface area contributed by atoms with Gasteiger partial charge in [-0.25, -0.2) is 0 Å². The zero-order valence-corrected chi connectivity index (χ0v) is 13.2. The fourth-order valence-corrected chi connectivity index (χ4v) is 2.83. The van der Waals surface area contributed by atoms with Gasteiger partial charge < -0.3 is 15.4 Å². The summed E-state index contributed by atoms with van der Waals surface area (Å²) in [5, 5.41) is 0.785. The van der Waals surface area contributed by atoms with Gasteiger partial charge in [0.1, 0.15) is 0 Å². The summed E-state index contributed by atoms with van der Waals surface area (Å²) >= 11 is 6.15. The molecule has 1 saturated heterocycles. The van der Waals surface area contributed by atoms with Crippen LogP contribution < -0.4 is 10.6 Å². The molecule has 0 saturated carbocycles. The van der Waals surface area contributed by atoms with E-state index in [-0.39, 0.29) is 6.04 Å². The number of nitrogens with two attached hydrogens (primary N) is 1. The maximum atomic E-state index is 6.15. The molecule has 1 heterocycles. The van der Waals surface area contributed by atoms with E-state index in [9.17, 15) is 0 Å². The first kappa shape index (κ1) is 15.6. The number of hydrogen-bond donors (Lipinski definition) is 1. The first-order valence-corrected chi connectivity index (χ1v) is 7.92. The van der Waals surface area contributed by atoms with Gasteiger partial charge in [0, 0.05) is 29.8 Å². The zero-order valence-electron chi connectivity index (χ0n) is 12.4. The van der Waals surface area contributed by atoms with Crippen molar-refractivity contribution in [1.82, 2.24) is 0 Å². The third kappa shape index (κ3) is 3.87. The molecule has 0 spiro atoms. The molecule has 0 aromatic heterocycles. The van der Waals surface area contributed by atoms with Crippen molar-refractivity contribution >= 4 is 17.3 Å². The van der Waals surface area contributed by atoms with Crippen LogP contribution in [0.15, 0.2) is 18.2 Å². The predicted molar refractivity (Wildman–Crippen MR) is 85.7 cm³/mol. The lowest BCUT2D eigenvalue weighted by Crippen LogP contribution is -2.42. The van der Waals surface area contributed by atoms with Crippen molar-refractivity contribution in [1.29, 1.82) is 0 Å². The average molecular weight is 297 g/mol. The maximum absolute atomic E-state index is 6.15. The summed E-state index contributed by atoms with van der Waals surface area (Å²) in [4.78, 5) is 2.41. The number of morpholine rings is 1. The molecule has 112 valence electrons. The minimum absolute atomic E-state index is 0.190. The quantitative estimate of drug-likeness (QED) is 0.906. The van der Waals surface area contributed by atoms with Crippen LogP contribution in [0.3, 0.4) is 0 Å². The van der Waals surface area contributed by atoms with Crippen molar-refractivity contribution in [3.8, 4) is 0 Å². The molecular weight excluding hydrogens is 272 g/mol. The molecule has 2 rings (SSSR count). The molecule has 0 radical (unpaired) electrons. The third-order valence-electron chi connectivity index (χ3n) is 3.98. The predicted octanol–water partition coefficient (Wildman–Crippen LogP) is 3.24. The van der Waals surface area contributed by atoms with E-state index < -0.39 is 0 Å². The molecule has 0 bridgehead atoms. The summed E-state index contributed by atoms with van der Waals surface area (Å²) in [6, 6.07) is 6.34. The van der Waals surface area contributed by atoms with Gasteiger partial charge in [-0.1, -0.05) is 25.4 Å². The van der Waals surface area contributed by atoms with Gasteiger partial charge in [0.05, 0.1) is 12.7 Å². The minimum atomic E-state index is 0.190. The summed E-state index contributed by atoms with van der Waals surface area (Å²) in [5.41, 5.74) is 8.64. The Hall–Kier alpha value is -0.770. The second-order valence-corrected chi connectivity index (χ2v) is 5.93. The molecule has 1 aliphatic heterocycles. The minimum Gasteiger partial charge on any atom is -0.375 e. The van der Waals surface area contributed by atoms with E-state index in [4.69, 9.17) is 22.1 Å². The summed E-state index contributed by atoms with van der Waals surface area (Å²) in [6.45, 7) is 6.97. The normalized spacial score (nSPS) is 21.0. The van der Waals surface area contributed by atoms with Gasteiger partial charge in [-0.2, -0.15) is 0 Å². The summed E-state index contributed by atoms with van der Waals surface area (Å²) in [7, 11) is 0. The molecule has 2 N–H and O–H groups in total. The number of nitrogens with zero attached hydrogens (tertiary/aromatic N) is 1. The van der Waals surface area contributed by atoms with Crippen LogP contribution in [0.5, 0.6) is 0 Å². The van der Waals surface area contributed by atoms with Crippen LogP contribution >= 0.6 is 11.6 Å². The molecule has 1 aromatic carbocycles. The van der Waals surface area contributed by atoms with Gasteiger partial charge in [0.2, 0.25) is 0 Å². The fraction of sp³-hybridized carbons (Fsp3) is 0.625. The Morgan fingerprint density at radius 2 is 2.25 bits per heavy atom. The lowest BCUT2D eigenvalue weighted by Gasteiger charge is -2.35. The molecule has 2 unspecified atom stereocenters. The Morgan fingerprint density at radius 1 is 1.45 bits per heavy atom. The van der Waals surface area contributed by atoms with E-state index in [0.29, 0.717) is 6.10 Å². The van der Waals surface area contributed by atoms with Crippen LogP contribution in [0.25, 0.3) is 0 Å². The van der Waals surface area contributed by atoms with Crippen molar-refractivity contribution in [2.45, 2.75) is 45.3 Å². The van der Waals surface area contributed by atoms with Crippen molar-refractivity contribution < 1.29 is 4.74 Å². The highest BCUT2D eigenvalue weighted by Crippen LogP contribution is 2.27. The zero-order chi connectivity index (χ0) is 14.5. The second kappa shape index (κ2) is 7.30. The number of ether oxygens (including phenoxy) is 1. The molecule has 4 heteroatoms. The number of halogens is 1. The lowest BCUT2D eigenvalue weighted by molar-refractivity contribution is 0.0384. The van der Waals surface area contributed by atoms with Gasteiger partial charge in [-0.15, -0.1) is 0 Å². The third-order valence-corrected chi connectivity index (χ3v) is 4.22. The Labute approximate surface area is 127 Å². The van der Waals surface area contributed by atoms with Crippen molar-refractivity contribution in [3.63, 3.8) is 0 Å². The van der Waals surface area contributed by atoms with Crippen molar-refractivity contribution in [3.05, 3.63) is 28.8 Å². The van der Waals surface area contributed by atoms with Crippen LogP contribution in [0.1, 0.15) is 32.3 Å². The highest BCUT2D eigenvalue weighted by Gasteiger charge is 2.21. The van der Waals surface area contributed by atoms with Gasteiger partial charge in [0.15, 0.2) is 0 Å². The summed E-state index contributed by atoms with van der Waals surface area (Å²) in [5.74, 6) is 0. The van der Waals surface area contributed by atoms with Crippen LogP contribution in [0, 0.1) is 0 Å². The first-order chi connectivity index (χ1) is 9.63. The Kier molecular flexibility index (Phi) is 5.70. The standard InChI is InChI=1S/C16H25ClN2O/c1-3-14(18)10-12-9-13(17)5-6-16(12)19-7-8-20-15(4-2)11-19/h5-6,9,14-15H,3-4,7-8,10-11,18H2,1-2H3. The topological polar surface area (TPSA) is 38.5 Å². The molecule has 0 aliphatic carbocycles. The molecule has 20 heavy (non-hydrogen) atoms. The smallest absolute Gasteiger partial charge is 0.0748 e. The van der Waals surface area contributed by atoms with E-state index in [0.717, 1.165) is 44.0 Å². The Morgan fingerprint density at radius 3 is 2.95 bits per heavy atom. The molecule has 3 nitrogen and oxygen atoms in total. The number of anilines is 1. The van der Waals surface area contributed by atoms with E-state index in [1.807, 2.05) is 6.07 Å². The number of hydrogen-bond acceptors (Lipinski definition) is 3. The van der Waals surface area contributed by atoms with Crippen LogP contribution in [-0.2, 0) is 11.2 Å². The molecular formula is C16H25ClN2O. The maximum Gasteiger partial charge on any atom is 0.0748 e. The summed E-state index contributed by atoms with van der Waals surface area (Å²) in [6.07, 6.45) is 3.23. The molecule has 1 fully saturated rings. The van der Waals surface area contributed by atoms with E-state index in [1.54, 1.807) is 0 Å². The molecule has 0 amide bonds. The monoisotopic (exact) mass is 296 g/mol. The van der Waals surface area contributed by atoms with Crippen LogP contribution in [0.2, 0.25) is 5.02 Å². The van der Waals surface area contributed by atoms with Crippen LogP contribution in [-0.4, -0.2) is 31.8 Å². The van der Waals surface area contributed by atoms with Gasteiger partial charge in [-0.3, -0.25) is 0 Å². The largest absolute Gasteiger partial charge is 0.375 e. The first-order valence-electron chi connectivity index (χ1n) is 7.54. The fourth-order valence-electron chi connectivity index (χ4n) is 2.64. The highest BCUT2D eigenvalue weighted by molar-refractivity contribution is 6.30. The number of benzene rings is 1. The van der Waals surface area contributed by atoms with Crippen molar-refractivity contribution in [2.75, 3.05) is 24.6 Å². The van der Waals surface area contributed by atoms with Gasteiger partial charge in [0.25, 0.3) is 0 Å². The molecule has 1 aliphatic rings. The molecule has 1 aromatic rings. The van der Waals surface area contributed by atoms with E-state index >= 15 is 0 Å².